The fourth-order valence-electron chi connectivity index (χ4n) is 3.45. The highest BCUT2D eigenvalue weighted by atomic mass is 127. The van der Waals surface area contributed by atoms with Crippen molar-refractivity contribution in [2.24, 2.45) is 0 Å². The van der Waals surface area contributed by atoms with Crippen molar-refractivity contribution >= 4 is 45.8 Å². The Morgan fingerprint density at radius 2 is 1.47 bits per heavy atom. The lowest BCUT2D eigenvalue weighted by Gasteiger charge is -2.30. The van der Waals surface area contributed by atoms with E-state index in [-0.39, 0.29) is 16.9 Å². The van der Waals surface area contributed by atoms with Crippen LogP contribution < -0.4 is 10.2 Å². The zero-order chi connectivity index (χ0) is 23.5. The molecule has 32 heavy (non-hydrogen) atoms. The summed E-state index contributed by atoms with van der Waals surface area (Å²) in [6.45, 7) is 6.46. The molecule has 1 atom stereocenters. The molecule has 3 rings (SSSR count). The lowest BCUT2D eigenvalue weighted by Crippen LogP contribution is -2.35. The summed E-state index contributed by atoms with van der Waals surface area (Å²) in [5, 5.41) is 12.2. The fraction of sp³-hybridized carbons (Fsp3) is 0.231. The molecule has 0 aliphatic heterocycles. The van der Waals surface area contributed by atoms with E-state index < -0.39 is 12.0 Å². The first-order valence-electron chi connectivity index (χ1n) is 10.3. The number of hydrogen-bond donors (Lipinski definition) is 2. The molecule has 0 radical (unpaired) electrons. The number of halogens is 1. The van der Waals surface area contributed by atoms with Crippen LogP contribution in [0.1, 0.15) is 48.3 Å². The van der Waals surface area contributed by atoms with Gasteiger partial charge in [-0.2, -0.15) is 0 Å². The maximum atomic E-state index is 13.4. The van der Waals surface area contributed by atoms with Crippen LogP contribution in [0.5, 0.6) is 0 Å². The Hall–Kier alpha value is -2.87. The molecule has 6 heteroatoms. The van der Waals surface area contributed by atoms with Crippen molar-refractivity contribution in [1.82, 2.24) is 0 Å². The van der Waals surface area contributed by atoms with E-state index in [1.54, 1.807) is 24.3 Å². The number of carboxylic acid groups (broad SMARTS) is 1. The molecule has 0 saturated heterocycles. The van der Waals surface area contributed by atoms with Gasteiger partial charge in [-0.3, -0.25) is 4.79 Å². The standard InChI is InChI=1S/C26H27IN2O3/c1-26(2,3)19-9-5-17(6-10-19)23(24(30)28-21-13-11-20(27)12-14-21)29(4)22-15-7-18(8-16-22)25(31)32/h5-16,23H,1-4H3,(H,28,30)(H,31,32). The van der Waals surface area contributed by atoms with Gasteiger partial charge in [0.25, 0.3) is 5.91 Å². The van der Waals surface area contributed by atoms with Gasteiger partial charge in [0.1, 0.15) is 6.04 Å². The van der Waals surface area contributed by atoms with Gasteiger partial charge in [-0.1, -0.05) is 45.0 Å². The Labute approximate surface area is 202 Å². The van der Waals surface area contributed by atoms with Crippen LogP contribution in [-0.2, 0) is 10.2 Å². The predicted octanol–water partition coefficient (Wildman–Crippen LogP) is 6.10. The number of carbonyl (C=O) groups is 2. The summed E-state index contributed by atoms with van der Waals surface area (Å²) >= 11 is 2.22. The number of benzene rings is 3. The van der Waals surface area contributed by atoms with E-state index in [9.17, 15) is 14.7 Å². The third-order valence-electron chi connectivity index (χ3n) is 5.36. The van der Waals surface area contributed by atoms with Crippen LogP contribution in [0.3, 0.4) is 0 Å². The molecule has 3 aromatic rings. The Kier molecular flexibility index (Phi) is 7.23. The van der Waals surface area contributed by atoms with Gasteiger partial charge in [-0.05, 0) is 87.7 Å². The van der Waals surface area contributed by atoms with Gasteiger partial charge in [0.15, 0.2) is 0 Å². The smallest absolute Gasteiger partial charge is 0.335 e. The monoisotopic (exact) mass is 542 g/mol. The van der Waals surface area contributed by atoms with E-state index in [2.05, 4.69) is 60.8 Å². The van der Waals surface area contributed by atoms with Crippen LogP contribution in [-0.4, -0.2) is 24.0 Å². The number of nitrogens with one attached hydrogen (secondary N) is 1. The summed E-state index contributed by atoms with van der Waals surface area (Å²) in [6, 6.07) is 21.7. The molecule has 0 aromatic heterocycles. The first kappa shape index (κ1) is 23.8. The van der Waals surface area contributed by atoms with Crippen LogP contribution in [0.15, 0.2) is 72.8 Å². The Balaban J connectivity index is 1.96. The maximum absolute atomic E-state index is 13.4. The quantitative estimate of drug-likeness (QED) is 0.370. The highest BCUT2D eigenvalue weighted by Crippen LogP contribution is 2.30. The summed E-state index contributed by atoms with van der Waals surface area (Å²) in [5.74, 6) is -1.15. The molecule has 3 aromatic carbocycles. The minimum Gasteiger partial charge on any atom is -0.478 e. The van der Waals surface area contributed by atoms with Gasteiger partial charge in [0.2, 0.25) is 0 Å². The average Bonchev–Trinajstić information content (AvgIpc) is 2.75. The summed E-state index contributed by atoms with van der Waals surface area (Å²) in [6.07, 6.45) is 0. The van der Waals surface area contributed by atoms with Crippen molar-refractivity contribution in [2.45, 2.75) is 32.2 Å². The van der Waals surface area contributed by atoms with E-state index in [0.29, 0.717) is 0 Å². The first-order chi connectivity index (χ1) is 15.1. The largest absolute Gasteiger partial charge is 0.478 e. The number of carboxylic acids is 1. The van der Waals surface area contributed by atoms with Crippen LogP contribution >= 0.6 is 22.6 Å². The molecule has 0 saturated carbocycles. The van der Waals surface area contributed by atoms with Crippen molar-refractivity contribution in [3.05, 3.63) is 93.1 Å². The van der Waals surface area contributed by atoms with E-state index in [0.717, 1.165) is 20.5 Å². The number of hydrogen-bond acceptors (Lipinski definition) is 3. The minimum atomic E-state index is -0.982. The Bertz CT molecular complexity index is 1090. The molecule has 1 amide bonds. The molecule has 0 aliphatic rings. The van der Waals surface area contributed by atoms with Crippen LogP contribution in [0.2, 0.25) is 0 Å². The third kappa shape index (κ3) is 5.68. The zero-order valence-electron chi connectivity index (χ0n) is 18.6. The summed E-state index contributed by atoms with van der Waals surface area (Å²) in [4.78, 5) is 26.5. The minimum absolute atomic E-state index is 0.00995. The third-order valence-corrected chi connectivity index (χ3v) is 6.08. The topological polar surface area (TPSA) is 69.6 Å². The number of likely N-dealkylation sites (N-methyl/N-ethyl adjacent to an activating group) is 1. The van der Waals surface area contributed by atoms with Gasteiger partial charge in [0, 0.05) is 22.0 Å². The molecule has 0 bridgehead atoms. The highest BCUT2D eigenvalue weighted by Gasteiger charge is 2.27. The lowest BCUT2D eigenvalue weighted by molar-refractivity contribution is -0.117. The second-order valence-corrected chi connectivity index (χ2v) is 9.98. The average molecular weight is 542 g/mol. The molecule has 5 nitrogen and oxygen atoms in total. The number of carbonyl (C=O) groups excluding carboxylic acids is 1. The van der Waals surface area contributed by atoms with Crippen molar-refractivity contribution in [3.63, 3.8) is 0 Å². The highest BCUT2D eigenvalue weighted by molar-refractivity contribution is 14.1. The van der Waals surface area contributed by atoms with Crippen molar-refractivity contribution in [2.75, 3.05) is 17.3 Å². The predicted molar refractivity (Wildman–Crippen MR) is 137 cm³/mol. The molecule has 1 unspecified atom stereocenters. The maximum Gasteiger partial charge on any atom is 0.335 e. The number of rotatable bonds is 6. The van der Waals surface area contributed by atoms with Crippen molar-refractivity contribution in [1.29, 1.82) is 0 Å². The second kappa shape index (κ2) is 9.73. The van der Waals surface area contributed by atoms with Crippen molar-refractivity contribution in [3.8, 4) is 0 Å². The normalized spacial score (nSPS) is 12.2. The molecule has 0 aliphatic carbocycles. The number of amides is 1. The van der Waals surface area contributed by atoms with Gasteiger partial charge in [-0.15, -0.1) is 0 Å². The summed E-state index contributed by atoms with van der Waals surface area (Å²) in [7, 11) is 1.84. The molecule has 0 spiro atoms. The van der Waals surface area contributed by atoms with Crippen LogP contribution in [0.25, 0.3) is 0 Å². The van der Waals surface area contributed by atoms with Gasteiger partial charge in [-0.25, -0.2) is 4.79 Å². The van der Waals surface area contributed by atoms with E-state index in [1.807, 2.05) is 48.3 Å². The number of nitrogens with zero attached hydrogens (tertiary/aromatic N) is 1. The number of anilines is 2. The second-order valence-electron chi connectivity index (χ2n) is 8.73. The Morgan fingerprint density at radius 1 is 0.906 bits per heavy atom. The van der Waals surface area contributed by atoms with E-state index in [4.69, 9.17) is 0 Å². The van der Waals surface area contributed by atoms with Crippen LogP contribution in [0, 0.1) is 3.57 Å². The molecular formula is C26H27IN2O3. The van der Waals surface area contributed by atoms with E-state index in [1.165, 1.54) is 5.56 Å². The van der Waals surface area contributed by atoms with E-state index >= 15 is 0 Å². The molecule has 166 valence electrons. The Morgan fingerprint density at radius 3 is 1.97 bits per heavy atom. The molecular weight excluding hydrogens is 515 g/mol. The van der Waals surface area contributed by atoms with Crippen LogP contribution in [0.4, 0.5) is 11.4 Å². The molecule has 2 N–H and O–H groups in total. The van der Waals surface area contributed by atoms with Gasteiger partial charge < -0.3 is 15.3 Å². The summed E-state index contributed by atoms with van der Waals surface area (Å²) < 4.78 is 1.09. The van der Waals surface area contributed by atoms with Crippen molar-refractivity contribution < 1.29 is 14.7 Å². The fourth-order valence-corrected chi connectivity index (χ4v) is 3.81. The van der Waals surface area contributed by atoms with Gasteiger partial charge in [0.05, 0.1) is 5.56 Å². The molecule has 0 heterocycles. The number of aromatic carboxylic acids is 1. The first-order valence-corrected chi connectivity index (χ1v) is 11.4. The van der Waals surface area contributed by atoms with Gasteiger partial charge >= 0.3 is 5.97 Å². The zero-order valence-corrected chi connectivity index (χ0v) is 20.8. The molecule has 0 fully saturated rings. The summed E-state index contributed by atoms with van der Waals surface area (Å²) in [5.41, 5.74) is 3.73. The SMILES string of the molecule is CN(c1ccc(C(=O)O)cc1)C(C(=O)Nc1ccc(I)cc1)c1ccc(C(C)(C)C)cc1. The lowest BCUT2D eigenvalue weighted by atomic mass is 9.86.